The summed E-state index contributed by atoms with van der Waals surface area (Å²) < 4.78 is 0. The van der Waals surface area contributed by atoms with Gasteiger partial charge in [0, 0.05) is 37.0 Å². The number of piperidine rings is 1. The molecular formula is C14H18ClNO. The monoisotopic (exact) mass is 251 g/mol. The number of aryl methyl sites for hydroxylation is 1. The third kappa shape index (κ3) is 2.88. The molecule has 1 aliphatic heterocycles. The average molecular weight is 252 g/mol. The average Bonchev–Trinajstić information content (AvgIpc) is 2.33. The van der Waals surface area contributed by atoms with Gasteiger partial charge in [0.15, 0.2) is 0 Å². The summed E-state index contributed by atoms with van der Waals surface area (Å²) in [6.07, 6.45) is 1.37. The molecule has 0 aromatic heterocycles. The quantitative estimate of drug-likeness (QED) is 0.803. The van der Waals surface area contributed by atoms with Crippen LogP contribution in [0.2, 0.25) is 5.02 Å². The van der Waals surface area contributed by atoms with Gasteiger partial charge in [-0.1, -0.05) is 23.7 Å². The second kappa shape index (κ2) is 5.19. The highest BCUT2D eigenvalue weighted by Crippen LogP contribution is 2.26. The molecule has 1 atom stereocenters. The molecule has 1 aromatic rings. The number of benzene rings is 1. The normalized spacial score (nSPS) is 19.4. The first-order valence-electron chi connectivity index (χ1n) is 6.09. The topological polar surface area (TPSA) is 20.3 Å². The van der Waals surface area contributed by atoms with Crippen molar-refractivity contribution >= 4 is 17.4 Å². The number of hydrogen-bond acceptors (Lipinski definition) is 2. The lowest BCUT2D eigenvalue weighted by atomic mass is 10.0. The van der Waals surface area contributed by atoms with Gasteiger partial charge in [0.2, 0.25) is 0 Å². The van der Waals surface area contributed by atoms with Gasteiger partial charge in [0.05, 0.1) is 0 Å². The van der Waals surface area contributed by atoms with Crippen molar-refractivity contribution in [2.75, 3.05) is 13.1 Å². The van der Waals surface area contributed by atoms with Crippen LogP contribution in [0.15, 0.2) is 18.2 Å². The van der Waals surface area contributed by atoms with Gasteiger partial charge in [-0.05, 0) is 31.0 Å². The highest BCUT2D eigenvalue weighted by Gasteiger charge is 2.21. The van der Waals surface area contributed by atoms with E-state index >= 15 is 0 Å². The standard InChI is InChI=1S/C14H18ClNO/c1-10-3-4-12(9-14(10)15)11(2)16-7-5-13(17)6-8-16/h3-4,9,11H,5-8H2,1-2H3. The van der Waals surface area contributed by atoms with Crippen molar-refractivity contribution in [1.29, 1.82) is 0 Å². The molecule has 1 heterocycles. The van der Waals surface area contributed by atoms with Crippen LogP contribution in [0.25, 0.3) is 0 Å². The molecule has 0 N–H and O–H groups in total. The molecule has 0 bridgehead atoms. The van der Waals surface area contributed by atoms with Crippen LogP contribution in [0.3, 0.4) is 0 Å². The van der Waals surface area contributed by atoms with Crippen LogP contribution in [0.5, 0.6) is 0 Å². The molecule has 1 unspecified atom stereocenters. The molecule has 2 nitrogen and oxygen atoms in total. The third-order valence-electron chi connectivity index (χ3n) is 3.58. The zero-order valence-corrected chi connectivity index (χ0v) is 11.1. The lowest BCUT2D eigenvalue weighted by Crippen LogP contribution is -2.35. The smallest absolute Gasteiger partial charge is 0.135 e. The Morgan fingerprint density at radius 3 is 2.53 bits per heavy atom. The number of nitrogens with zero attached hydrogens (tertiary/aromatic N) is 1. The van der Waals surface area contributed by atoms with Crippen LogP contribution < -0.4 is 0 Å². The Hall–Kier alpha value is -0.860. The summed E-state index contributed by atoms with van der Waals surface area (Å²) in [5, 5.41) is 0.822. The van der Waals surface area contributed by atoms with Gasteiger partial charge in [0.25, 0.3) is 0 Å². The highest BCUT2D eigenvalue weighted by atomic mass is 35.5. The number of carbonyl (C=O) groups excluding carboxylic acids is 1. The zero-order chi connectivity index (χ0) is 12.4. The van der Waals surface area contributed by atoms with Crippen LogP contribution in [0.4, 0.5) is 0 Å². The van der Waals surface area contributed by atoms with Gasteiger partial charge in [-0.3, -0.25) is 9.69 Å². The molecule has 1 aromatic carbocycles. The fourth-order valence-corrected chi connectivity index (χ4v) is 2.43. The number of likely N-dealkylation sites (tertiary alicyclic amines) is 1. The van der Waals surface area contributed by atoms with E-state index in [4.69, 9.17) is 11.6 Å². The maximum atomic E-state index is 11.2. The largest absolute Gasteiger partial charge is 0.300 e. The predicted molar refractivity (Wildman–Crippen MR) is 70.4 cm³/mol. The summed E-state index contributed by atoms with van der Waals surface area (Å²) in [7, 11) is 0. The van der Waals surface area contributed by atoms with Crippen LogP contribution in [0, 0.1) is 6.92 Å². The van der Waals surface area contributed by atoms with Crippen molar-refractivity contribution in [2.45, 2.75) is 32.7 Å². The van der Waals surface area contributed by atoms with Crippen LogP contribution in [-0.2, 0) is 4.79 Å². The van der Waals surface area contributed by atoms with Gasteiger partial charge in [0.1, 0.15) is 5.78 Å². The number of hydrogen-bond donors (Lipinski definition) is 0. The summed E-state index contributed by atoms with van der Waals surface area (Å²) in [6, 6.07) is 6.56. The number of rotatable bonds is 2. The van der Waals surface area contributed by atoms with E-state index in [-0.39, 0.29) is 0 Å². The molecule has 0 amide bonds. The van der Waals surface area contributed by atoms with E-state index < -0.39 is 0 Å². The number of halogens is 1. The molecule has 0 aliphatic carbocycles. The van der Waals surface area contributed by atoms with Gasteiger partial charge in [-0.25, -0.2) is 0 Å². The minimum atomic E-state index is 0.334. The lowest BCUT2D eigenvalue weighted by molar-refractivity contribution is -0.121. The Balaban J connectivity index is 2.11. The molecule has 1 fully saturated rings. The molecule has 1 saturated heterocycles. The van der Waals surface area contributed by atoms with Gasteiger partial charge in [-0.15, -0.1) is 0 Å². The third-order valence-corrected chi connectivity index (χ3v) is 3.99. The number of carbonyl (C=O) groups is 1. The van der Waals surface area contributed by atoms with Gasteiger partial charge < -0.3 is 0 Å². The maximum absolute atomic E-state index is 11.2. The fraction of sp³-hybridized carbons (Fsp3) is 0.500. The van der Waals surface area contributed by atoms with E-state index in [0.29, 0.717) is 24.7 Å². The molecule has 3 heteroatoms. The first-order valence-corrected chi connectivity index (χ1v) is 6.47. The van der Waals surface area contributed by atoms with Crippen LogP contribution in [-0.4, -0.2) is 23.8 Å². The van der Waals surface area contributed by atoms with Crippen molar-refractivity contribution in [2.24, 2.45) is 0 Å². The fourth-order valence-electron chi connectivity index (χ4n) is 2.24. The first kappa shape index (κ1) is 12.6. The van der Waals surface area contributed by atoms with E-state index in [1.165, 1.54) is 5.56 Å². The Morgan fingerprint density at radius 1 is 1.29 bits per heavy atom. The summed E-state index contributed by atoms with van der Waals surface area (Å²) in [4.78, 5) is 13.6. The van der Waals surface area contributed by atoms with Crippen LogP contribution in [0.1, 0.15) is 36.9 Å². The van der Waals surface area contributed by atoms with Crippen molar-refractivity contribution in [1.82, 2.24) is 4.90 Å². The van der Waals surface area contributed by atoms with Gasteiger partial charge >= 0.3 is 0 Å². The number of Topliss-reactive ketones (excluding diaryl/α,β-unsaturated/α-hetero) is 1. The van der Waals surface area contributed by atoms with E-state index in [9.17, 15) is 4.79 Å². The lowest BCUT2D eigenvalue weighted by Gasteiger charge is -2.32. The minimum absolute atomic E-state index is 0.334. The minimum Gasteiger partial charge on any atom is -0.300 e. The van der Waals surface area contributed by atoms with E-state index in [0.717, 1.165) is 23.7 Å². The second-order valence-corrected chi connectivity index (χ2v) is 5.17. The van der Waals surface area contributed by atoms with E-state index in [1.54, 1.807) is 0 Å². The summed E-state index contributed by atoms with van der Waals surface area (Å²) in [5.74, 6) is 0.385. The van der Waals surface area contributed by atoms with Crippen molar-refractivity contribution < 1.29 is 4.79 Å². The summed E-state index contributed by atoms with van der Waals surface area (Å²) >= 11 is 6.15. The molecule has 1 aliphatic rings. The Labute approximate surface area is 108 Å². The SMILES string of the molecule is Cc1ccc(C(C)N2CCC(=O)CC2)cc1Cl. The predicted octanol–water partition coefficient (Wildman–Crippen LogP) is 3.37. The molecular weight excluding hydrogens is 234 g/mol. The Kier molecular flexibility index (Phi) is 3.85. The molecule has 0 radical (unpaired) electrons. The van der Waals surface area contributed by atoms with Crippen molar-refractivity contribution in [3.63, 3.8) is 0 Å². The zero-order valence-electron chi connectivity index (χ0n) is 10.4. The molecule has 92 valence electrons. The summed E-state index contributed by atoms with van der Waals surface area (Å²) in [6.45, 7) is 5.92. The molecule has 2 rings (SSSR count). The van der Waals surface area contributed by atoms with E-state index in [1.807, 2.05) is 13.0 Å². The highest BCUT2D eigenvalue weighted by molar-refractivity contribution is 6.31. The van der Waals surface area contributed by atoms with E-state index in [2.05, 4.69) is 24.0 Å². The first-order chi connectivity index (χ1) is 8.08. The van der Waals surface area contributed by atoms with Crippen LogP contribution >= 0.6 is 11.6 Å². The molecule has 17 heavy (non-hydrogen) atoms. The molecule has 0 saturated carbocycles. The second-order valence-electron chi connectivity index (χ2n) is 4.76. The van der Waals surface area contributed by atoms with Gasteiger partial charge in [-0.2, -0.15) is 0 Å². The Bertz CT molecular complexity index is 420. The summed E-state index contributed by atoms with van der Waals surface area (Å²) in [5.41, 5.74) is 2.34. The molecule has 0 spiro atoms. The van der Waals surface area contributed by atoms with Crippen molar-refractivity contribution in [3.8, 4) is 0 Å². The Morgan fingerprint density at radius 2 is 1.94 bits per heavy atom. The van der Waals surface area contributed by atoms with Crippen molar-refractivity contribution in [3.05, 3.63) is 34.3 Å². The number of ketones is 1. The maximum Gasteiger partial charge on any atom is 0.135 e.